The zero-order valence-electron chi connectivity index (χ0n) is 22.4. The number of amides is 2. The highest BCUT2D eigenvalue weighted by atomic mass is 35.5. The molecule has 39 heavy (non-hydrogen) atoms. The van der Waals surface area contributed by atoms with Gasteiger partial charge in [-0.3, -0.25) is 13.9 Å². The summed E-state index contributed by atoms with van der Waals surface area (Å²) in [4.78, 5) is 28.6. The molecule has 0 saturated carbocycles. The number of aryl methyl sites for hydroxylation is 1. The number of anilines is 1. The van der Waals surface area contributed by atoms with Crippen molar-refractivity contribution in [1.29, 1.82) is 0 Å². The standard InChI is InChI=1S/C29H33Cl2N3O4S/c1-5-27(29(36)32-20(2)3)33(18-22-10-7-6-9-21(22)4)28(35)19-34(25-12-8-11-24(31)17-25)39(37,38)26-15-13-23(30)14-16-26/h6-17,20,27H,5,18-19H2,1-4H3,(H,32,36). The van der Waals surface area contributed by atoms with Gasteiger partial charge in [-0.05, 0) is 80.8 Å². The summed E-state index contributed by atoms with van der Waals surface area (Å²) in [5, 5.41) is 3.58. The molecule has 208 valence electrons. The third kappa shape index (κ3) is 7.75. The van der Waals surface area contributed by atoms with Crippen molar-refractivity contribution in [3.63, 3.8) is 0 Å². The second-order valence-electron chi connectivity index (χ2n) is 9.48. The maximum Gasteiger partial charge on any atom is 0.264 e. The molecule has 0 aliphatic carbocycles. The molecule has 1 unspecified atom stereocenters. The second kappa shape index (κ2) is 13.3. The van der Waals surface area contributed by atoms with Crippen LogP contribution in [0.5, 0.6) is 0 Å². The molecule has 0 fully saturated rings. The van der Waals surface area contributed by atoms with Gasteiger partial charge in [0.25, 0.3) is 10.0 Å². The summed E-state index contributed by atoms with van der Waals surface area (Å²) in [6.07, 6.45) is 0.345. The highest BCUT2D eigenvalue weighted by Crippen LogP contribution is 2.28. The van der Waals surface area contributed by atoms with E-state index in [0.29, 0.717) is 16.5 Å². The first kappa shape index (κ1) is 30.5. The predicted molar refractivity (Wildman–Crippen MR) is 157 cm³/mol. The van der Waals surface area contributed by atoms with Crippen molar-refractivity contribution in [2.45, 2.75) is 57.6 Å². The topological polar surface area (TPSA) is 86.8 Å². The number of nitrogens with zero attached hydrogens (tertiary/aromatic N) is 2. The van der Waals surface area contributed by atoms with Crippen molar-refractivity contribution >= 4 is 50.7 Å². The minimum absolute atomic E-state index is 0.0327. The Hall–Kier alpha value is -3.07. The van der Waals surface area contributed by atoms with Crippen LogP contribution in [0.1, 0.15) is 38.3 Å². The SMILES string of the molecule is CCC(C(=O)NC(C)C)N(Cc1ccccc1C)C(=O)CN(c1cccc(Cl)c1)S(=O)(=O)c1ccc(Cl)cc1. The molecule has 1 atom stereocenters. The fraction of sp³-hybridized carbons (Fsp3) is 0.310. The summed E-state index contributed by atoms with van der Waals surface area (Å²) in [6.45, 7) is 7.04. The molecule has 0 saturated heterocycles. The van der Waals surface area contributed by atoms with Crippen LogP contribution in [0.4, 0.5) is 5.69 Å². The van der Waals surface area contributed by atoms with E-state index in [1.165, 1.54) is 35.2 Å². The molecule has 0 aliphatic heterocycles. The predicted octanol–water partition coefficient (Wildman–Crippen LogP) is 5.83. The lowest BCUT2D eigenvalue weighted by molar-refractivity contribution is -0.140. The molecule has 3 aromatic carbocycles. The number of rotatable bonds is 11. The quantitative estimate of drug-likeness (QED) is 0.305. The third-order valence-corrected chi connectivity index (χ3v) is 8.47. The zero-order chi connectivity index (χ0) is 28.7. The number of benzene rings is 3. The highest BCUT2D eigenvalue weighted by molar-refractivity contribution is 7.92. The van der Waals surface area contributed by atoms with Gasteiger partial charge in [0.15, 0.2) is 0 Å². The molecule has 7 nitrogen and oxygen atoms in total. The van der Waals surface area contributed by atoms with E-state index in [1.807, 2.05) is 52.0 Å². The Balaban J connectivity index is 2.08. The monoisotopic (exact) mass is 589 g/mol. The number of halogens is 2. The summed E-state index contributed by atoms with van der Waals surface area (Å²) in [5.41, 5.74) is 2.03. The van der Waals surface area contributed by atoms with E-state index >= 15 is 0 Å². The molecule has 0 spiro atoms. The summed E-state index contributed by atoms with van der Waals surface area (Å²) in [7, 11) is -4.20. The summed E-state index contributed by atoms with van der Waals surface area (Å²) >= 11 is 12.2. The minimum Gasteiger partial charge on any atom is -0.352 e. The van der Waals surface area contributed by atoms with Crippen molar-refractivity contribution in [1.82, 2.24) is 10.2 Å². The van der Waals surface area contributed by atoms with Crippen LogP contribution in [0.15, 0.2) is 77.7 Å². The smallest absolute Gasteiger partial charge is 0.264 e. The first-order chi connectivity index (χ1) is 18.4. The average Bonchev–Trinajstić information content (AvgIpc) is 2.87. The fourth-order valence-corrected chi connectivity index (χ4v) is 5.88. The van der Waals surface area contributed by atoms with Gasteiger partial charge in [0.2, 0.25) is 11.8 Å². The molecule has 0 heterocycles. The van der Waals surface area contributed by atoms with E-state index < -0.39 is 28.5 Å². The number of nitrogens with one attached hydrogen (secondary N) is 1. The summed E-state index contributed by atoms with van der Waals surface area (Å²) < 4.78 is 28.7. The van der Waals surface area contributed by atoms with E-state index in [-0.39, 0.29) is 29.1 Å². The molecule has 1 N–H and O–H groups in total. The van der Waals surface area contributed by atoms with Crippen molar-refractivity contribution in [3.8, 4) is 0 Å². The van der Waals surface area contributed by atoms with Gasteiger partial charge < -0.3 is 10.2 Å². The first-order valence-corrected chi connectivity index (χ1v) is 14.8. The largest absolute Gasteiger partial charge is 0.352 e. The molecule has 0 radical (unpaired) electrons. The number of hydrogen-bond donors (Lipinski definition) is 1. The van der Waals surface area contributed by atoms with Crippen LogP contribution in [-0.4, -0.2) is 43.8 Å². The minimum atomic E-state index is -4.20. The van der Waals surface area contributed by atoms with Crippen molar-refractivity contribution < 1.29 is 18.0 Å². The highest BCUT2D eigenvalue weighted by Gasteiger charge is 2.34. The lowest BCUT2D eigenvalue weighted by Gasteiger charge is -2.34. The van der Waals surface area contributed by atoms with Crippen LogP contribution in [-0.2, 0) is 26.2 Å². The number of hydrogen-bond acceptors (Lipinski definition) is 4. The Morgan fingerprint density at radius 1 is 0.923 bits per heavy atom. The molecular formula is C29H33Cl2N3O4S. The van der Waals surface area contributed by atoms with Crippen LogP contribution >= 0.6 is 23.2 Å². The summed E-state index contributed by atoms with van der Waals surface area (Å²) in [5.74, 6) is -0.828. The average molecular weight is 591 g/mol. The van der Waals surface area contributed by atoms with E-state index in [2.05, 4.69) is 5.32 Å². The number of carbonyl (C=O) groups is 2. The van der Waals surface area contributed by atoms with Crippen LogP contribution in [0.2, 0.25) is 10.0 Å². The van der Waals surface area contributed by atoms with E-state index in [1.54, 1.807) is 18.2 Å². The molecule has 3 rings (SSSR count). The Morgan fingerprint density at radius 3 is 2.18 bits per heavy atom. The van der Waals surface area contributed by atoms with Gasteiger partial charge in [0.1, 0.15) is 12.6 Å². The number of sulfonamides is 1. The van der Waals surface area contributed by atoms with Gasteiger partial charge in [-0.1, -0.05) is 60.5 Å². The summed E-state index contributed by atoms with van der Waals surface area (Å²) in [6, 6.07) is 18.6. The molecule has 0 aromatic heterocycles. The van der Waals surface area contributed by atoms with Crippen LogP contribution in [0.25, 0.3) is 0 Å². The van der Waals surface area contributed by atoms with E-state index in [4.69, 9.17) is 23.2 Å². The van der Waals surface area contributed by atoms with E-state index in [0.717, 1.165) is 15.4 Å². The zero-order valence-corrected chi connectivity index (χ0v) is 24.7. The molecule has 2 amide bonds. The van der Waals surface area contributed by atoms with Crippen molar-refractivity contribution in [3.05, 3.63) is 94.0 Å². The van der Waals surface area contributed by atoms with Gasteiger partial charge in [-0.15, -0.1) is 0 Å². The van der Waals surface area contributed by atoms with Gasteiger partial charge in [-0.25, -0.2) is 8.42 Å². The lowest BCUT2D eigenvalue weighted by atomic mass is 10.1. The molecule has 0 bridgehead atoms. The number of carbonyl (C=O) groups excluding carboxylic acids is 2. The Morgan fingerprint density at radius 2 is 1.59 bits per heavy atom. The van der Waals surface area contributed by atoms with Crippen LogP contribution in [0.3, 0.4) is 0 Å². The van der Waals surface area contributed by atoms with Crippen LogP contribution in [0, 0.1) is 6.92 Å². The normalized spacial score (nSPS) is 12.2. The van der Waals surface area contributed by atoms with Crippen molar-refractivity contribution in [2.75, 3.05) is 10.8 Å². The van der Waals surface area contributed by atoms with E-state index in [9.17, 15) is 18.0 Å². The third-order valence-electron chi connectivity index (χ3n) is 6.20. The lowest BCUT2D eigenvalue weighted by Crippen LogP contribution is -2.53. The van der Waals surface area contributed by atoms with Crippen LogP contribution < -0.4 is 9.62 Å². The molecule has 0 aliphatic rings. The molecule has 10 heteroatoms. The maximum atomic E-state index is 14.0. The maximum absolute atomic E-state index is 14.0. The van der Waals surface area contributed by atoms with Gasteiger partial charge in [-0.2, -0.15) is 0 Å². The van der Waals surface area contributed by atoms with Crippen molar-refractivity contribution in [2.24, 2.45) is 0 Å². The Kier molecular flexibility index (Phi) is 10.4. The Bertz CT molecular complexity index is 1410. The fourth-order valence-electron chi connectivity index (χ4n) is 4.17. The van der Waals surface area contributed by atoms with Gasteiger partial charge >= 0.3 is 0 Å². The molecular weight excluding hydrogens is 557 g/mol. The van der Waals surface area contributed by atoms with Gasteiger partial charge in [0, 0.05) is 22.6 Å². The second-order valence-corrected chi connectivity index (χ2v) is 12.2. The Labute approximate surface area is 240 Å². The van der Waals surface area contributed by atoms with Gasteiger partial charge in [0.05, 0.1) is 10.6 Å². The molecule has 3 aromatic rings. The first-order valence-electron chi connectivity index (χ1n) is 12.6.